The highest BCUT2D eigenvalue weighted by atomic mass is 32.1. The summed E-state index contributed by atoms with van der Waals surface area (Å²) in [6.45, 7) is 9.81. The first-order chi connectivity index (χ1) is 9.24. The number of hydrogen-bond donors (Lipinski definition) is 0. The predicted molar refractivity (Wildman–Crippen MR) is 82.6 cm³/mol. The minimum absolute atomic E-state index is 0.731. The third-order valence-corrected chi connectivity index (χ3v) is 5.55. The van der Waals surface area contributed by atoms with Crippen molar-refractivity contribution in [3.8, 4) is 0 Å². The fourth-order valence-corrected chi connectivity index (χ4v) is 4.36. The molecule has 2 aliphatic heterocycles. The summed E-state index contributed by atoms with van der Waals surface area (Å²) in [7, 11) is 0. The van der Waals surface area contributed by atoms with Crippen LogP contribution in [0.3, 0.4) is 0 Å². The van der Waals surface area contributed by atoms with Gasteiger partial charge in [0.15, 0.2) is 0 Å². The van der Waals surface area contributed by atoms with Crippen molar-refractivity contribution >= 4 is 11.3 Å². The lowest BCUT2D eigenvalue weighted by atomic mass is 9.92. The van der Waals surface area contributed by atoms with Gasteiger partial charge in [0, 0.05) is 31.7 Å². The van der Waals surface area contributed by atoms with Crippen molar-refractivity contribution in [3.05, 3.63) is 22.4 Å². The maximum absolute atomic E-state index is 2.76. The smallest absolute Gasteiger partial charge is 0.0250 e. The molecule has 0 radical (unpaired) electrons. The van der Waals surface area contributed by atoms with Gasteiger partial charge in [0.05, 0.1) is 0 Å². The van der Waals surface area contributed by atoms with Gasteiger partial charge in [-0.2, -0.15) is 11.3 Å². The summed E-state index contributed by atoms with van der Waals surface area (Å²) in [5.74, 6) is 0.751. The van der Waals surface area contributed by atoms with Gasteiger partial charge in [-0.25, -0.2) is 0 Å². The largest absolute Gasteiger partial charge is 0.298 e. The molecule has 0 N–H and O–H groups in total. The van der Waals surface area contributed by atoms with Crippen molar-refractivity contribution in [2.45, 2.75) is 51.7 Å². The number of thiophene rings is 1. The summed E-state index contributed by atoms with van der Waals surface area (Å²) in [5.41, 5.74) is 1.50. The Hall–Kier alpha value is -0.380. The molecule has 1 aromatic rings. The Morgan fingerprint density at radius 1 is 1.32 bits per heavy atom. The Morgan fingerprint density at radius 2 is 2.21 bits per heavy atom. The predicted octanol–water partition coefficient (Wildman–Crippen LogP) is 3.44. The molecule has 0 spiro atoms. The van der Waals surface area contributed by atoms with E-state index in [2.05, 4.69) is 40.5 Å². The van der Waals surface area contributed by atoms with Gasteiger partial charge < -0.3 is 0 Å². The summed E-state index contributed by atoms with van der Waals surface area (Å²) in [6.07, 6.45) is 4.25. The molecule has 1 aromatic heterocycles. The van der Waals surface area contributed by atoms with Crippen LogP contribution in [0.5, 0.6) is 0 Å². The molecule has 2 saturated heterocycles. The van der Waals surface area contributed by atoms with Crippen LogP contribution in [0.4, 0.5) is 0 Å². The number of piperidine rings is 1. The Kier molecular flexibility index (Phi) is 4.25. The third kappa shape index (κ3) is 3.04. The molecule has 19 heavy (non-hydrogen) atoms. The van der Waals surface area contributed by atoms with Crippen LogP contribution in [0.1, 0.15) is 38.7 Å². The van der Waals surface area contributed by atoms with Crippen LogP contribution in [0, 0.1) is 5.92 Å². The summed E-state index contributed by atoms with van der Waals surface area (Å²) >= 11 is 1.82. The van der Waals surface area contributed by atoms with Gasteiger partial charge in [-0.3, -0.25) is 9.80 Å². The Balaban J connectivity index is 1.72. The van der Waals surface area contributed by atoms with Gasteiger partial charge in [0.25, 0.3) is 0 Å². The van der Waals surface area contributed by atoms with Crippen LogP contribution >= 0.6 is 11.3 Å². The van der Waals surface area contributed by atoms with E-state index < -0.39 is 0 Å². The zero-order valence-electron chi connectivity index (χ0n) is 12.2. The average molecular weight is 278 g/mol. The second-order valence-electron chi connectivity index (χ2n) is 6.52. The Morgan fingerprint density at radius 3 is 2.95 bits per heavy atom. The van der Waals surface area contributed by atoms with Gasteiger partial charge in [-0.05, 0) is 47.7 Å². The van der Waals surface area contributed by atoms with E-state index in [1.54, 1.807) is 0 Å². The van der Waals surface area contributed by atoms with E-state index in [1.807, 2.05) is 11.3 Å². The highest BCUT2D eigenvalue weighted by molar-refractivity contribution is 7.07. The molecule has 0 aromatic carbocycles. The number of fused-ring (bicyclic) bond motifs is 1. The molecular weight excluding hydrogens is 252 g/mol. The number of rotatable bonds is 3. The molecule has 2 aliphatic rings. The Bertz CT molecular complexity index is 387. The highest BCUT2D eigenvalue weighted by Crippen LogP contribution is 2.28. The van der Waals surface area contributed by atoms with Crippen molar-refractivity contribution in [1.82, 2.24) is 9.80 Å². The van der Waals surface area contributed by atoms with E-state index in [4.69, 9.17) is 0 Å². The van der Waals surface area contributed by atoms with E-state index in [9.17, 15) is 0 Å². The first-order valence-electron chi connectivity index (χ1n) is 7.73. The lowest BCUT2D eigenvalue weighted by Gasteiger charge is -2.49. The molecule has 3 heteroatoms. The highest BCUT2D eigenvalue weighted by Gasteiger charge is 2.35. The topological polar surface area (TPSA) is 6.48 Å². The van der Waals surface area contributed by atoms with Crippen LogP contribution in [-0.2, 0) is 6.54 Å². The molecule has 3 rings (SSSR count). The molecule has 2 atom stereocenters. The molecule has 0 saturated carbocycles. The van der Waals surface area contributed by atoms with E-state index in [0.717, 1.165) is 24.5 Å². The van der Waals surface area contributed by atoms with Crippen molar-refractivity contribution in [3.63, 3.8) is 0 Å². The van der Waals surface area contributed by atoms with Gasteiger partial charge in [-0.15, -0.1) is 0 Å². The summed E-state index contributed by atoms with van der Waals surface area (Å²) in [4.78, 5) is 5.51. The first kappa shape index (κ1) is 13.6. The SMILES string of the molecule is CC(C)C1CN2CCCCC2CN1Cc1ccsc1. The van der Waals surface area contributed by atoms with Crippen molar-refractivity contribution in [2.75, 3.05) is 19.6 Å². The van der Waals surface area contributed by atoms with E-state index in [0.29, 0.717) is 0 Å². The molecule has 2 fully saturated rings. The molecule has 0 aliphatic carbocycles. The van der Waals surface area contributed by atoms with E-state index in [1.165, 1.54) is 44.5 Å². The van der Waals surface area contributed by atoms with Crippen LogP contribution in [0.2, 0.25) is 0 Å². The fourth-order valence-electron chi connectivity index (χ4n) is 3.70. The Labute approximate surface area is 121 Å². The van der Waals surface area contributed by atoms with Crippen molar-refractivity contribution in [2.24, 2.45) is 5.92 Å². The average Bonchev–Trinajstić information content (AvgIpc) is 2.90. The quantitative estimate of drug-likeness (QED) is 0.835. The van der Waals surface area contributed by atoms with Gasteiger partial charge in [0.2, 0.25) is 0 Å². The van der Waals surface area contributed by atoms with E-state index in [-0.39, 0.29) is 0 Å². The fraction of sp³-hybridized carbons (Fsp3) is 0.750. The van der Waals surface area contributed by atoms with Crippen molar-refractivity contribution < 1.29 is 0 Å². The number of nitrogens with zero attached hydrogens (tertiary/aromatic N) is 2. The minimum atomic E-state index is 0.731. The van der Waals surface area contributed by atoms with Crippen LogP contribution in [0.25, 0.3) is 0 Å². The molecule has 2 unspecified atom stereocenters. The van der Waals surface area contributed by atoms with Crippen LogP contribution in [-0.4, -0.2) is 41.5 Å². The molecule has 3 heterocycles. The van der Waals surface area contributed by atoms with Gasteiger partial charge >= 0.3 is 0 Å². The third-order valence-electron chi connectivity index (χ3n) is 4.82. The standard InChI is InChI=1S/C16H26N2S/c1-13(2)16-11-17-7-4-3-5-15(17)10-18(16)9-14-6-8-19-12-14/h6,8,12-13,15-16H,3-5,7,9-11H2,1-2H3. The van der Waals surface area contributed by atoms with Crippen LogP contribution < -0.4 is 0 Å². The zero-order chi connectivity index (χ0) is 13.2. The zero-order valence-corrected chi connectivity index (χ0v) is 13.0. The summed E-state index contributed by atoms with van der Waals surface area (Å²) < 4.78 is 0. The summed E-state index contributed by atoms with van der Waals surface area (Å²) in [6, 6.07) is 3.84. The lowest BCUT2D eigenvalue weighted by molar-refractivity contribution is -0.0117. The molecule has 0 bridgehead atoms. The van der Waals surface area contributed by atoms with E-state index >= 15 is 0 Å². The number of piperazine rings is 1. The monoisotopic (exact) mass is 278 g/mol. The van der Waals surface area contributed by atoms with Gasteiger partial charge in [-0.1, -0.05) is 20.3 Å². The second kappa shape index (κ2) is 5.94. The second-order valence-corrected chi connectivity index (χ2v) is 7.30. The first-order valence-corrected chi connectivity index (χ1v) is 8.67. The maximum Gasteiger partial charge on any atom is 0.0250 e. The molecule has 2 nitrogen and oxygen atoms in total. The molecular formula is C16H26N2S. The summed E-state index contributed by atoms with van der Waals surface area (Å²) in [5, 5.41) is 4.52. The lowest BCUT2D eigenvalue weighted by Crippen LogP contribution is -2.60. The maximum atomic E-state index is 2.76. The van der Waals surface area contributed by atoms with Gasteiger partial charge in [0.1, 0.15) is 0 Å². The van der Waals surface area contributed by atoms with Crippen LogP contribution in [0.15, 0.2) is 16.8 Å². The molecule has 106 valence electrons. The number of hydrogen-bond acceptors (Lipinski definition) is 3. The van der Waals surface area contributed by atoms with Crippen molar-refractivity contribution in [1.29, 1.82) is 0 Å². The molecule has 0 amide bonds. The normalized spacial score (nSPS) is 29.6. The minimum Gasteiger partial charge on any atom is -0.298 e.